The van der Waals surface area contributed by atoms with Crippen LogP contribution in [0.1, 0.15) is 16.8 Å². The van der Waals surface area contributed by atoms with Crippen LogP contribution in [0.2, 0.25) is 0 Å². The van der Waals surface area contributed by atoms with Gasteiger partial charge in [-0.25, -0.2) is 4.98 Å². The lowest BCUT2D eigenvalue weighted by Gasteiger charge is -2.29. The van der Waals surface area contributed by atoms with Gasteiger partial charge in [-0.1, -0.05) is 35.9 Å². The fraction of sp³-hybridized carbons (Fsp3) is 0.308. The van der Waals surface area contributed by atoms with Crippen molar-refractivity contribution < 1.29 is 9.47 Å². The number of fused-ring (bicyclic) bond motifs is 1. The summed E-state index contributed by atoms with van der Waals surface area (Å²) in [4.78, 5) is 11.3. The molecule has 1 aliphatic heterocycles. The third kappa shape index (κ3) is 5.40. The van der Waals surface area contributed by atoms with Crippen LogP contribution in [-0.4, -0.2) is 47.3 Å². The molecule has 0 N–H and O–H groups in total. The number of imidazole rings is 1. The minimum absolute atomic E-state index is 0.488. The van der Waals surface area contributed by atoms with Gasteiger partial charge < -0.3 is 18.8 Å². The highest BCUT2D eigenvalue weighted by molar-refractivity contribution is 5.55. The van der Waals surface area contributed by atoms with Gasteiger partial charge in [-0.15, -0.1) is 5.11 Å². The van der Waals surface area contributed by atoms with Crippen LogP contribution in [0.4, 0.5) is 11.5 Å². The molecule has 34 heavy (non-hydrogen) atoms. The fourth-order valence-electron chi connectivity index (χ4n) is 4.04. The van der Waals surface area contributed by atoms with E-state index in [1.165, 1.54) is 5.56 Å². The van der Waals surface area contributed by atoms with Crippen molar-refractivity contribution >= 4 is 17.2 Å². The Morgan fingerprint density at radius 2 is 1.97 bits per heavy atom. The van der Waals surface area contributed by atoms with Gasteiger partial charge in [0.2, 0.25) is 5.88 Å². The molecule has 0 unspecified atom stereocenters. The topological polar surface area (TPSA) is 76.6 Å². The minimum Gasteiger partial charge on any atom is -0.477 e. The number of pyridine rings is 2. The van der Waals surface area contributed by atoms with Crippen molar-refractivity contribution in [2.75, 3.05) is 37.8 Å². The number of hydrogen-bond donors (Lipinski definition) is 0. The van der Waals surface area contributed by atoms with Crippen molar-refractivity contribution in [1.29, 1.82) is 0 Å². The molecule has 0 amide bonds. The zero-order valence-corrected chi connectivity index (χ0v) is 19.3. The molecule has 1 fully saturated rings. The van der Waals surface area contributed by atoms with Gasteiger partial charge in [0.05, 0.1) is 26.4 Å². The summed E-state index contributed by atoms with van der Waals surface area (Å²) < 4.78 is 13.7. The molecule has 8 nitrogen and oxygen atoms in total. The van der Waals surface area contributed by atoms with Crippen LogP contribution in [-0.2, 0) is 17.7 Å². The Hall–Kier alpha value is -3.78. The first-order valence-electron chi connectivity index (χ1n) is 11.6. The highest BCUT2D eigenvalue weighted by atomic mass is 16.5. The van der Waals surface area contributed by atoms with E-state index in [4.69, 9.17) is 9.47 Å². The van der Waals surface area contributed by atoms with E-state index in [1.807, 2.05) is 48.8 Å². The predicted octanol–water partition coefficient (Wildman–Crippen LogP) is 4.78. The number of anilines is 1. The van der Waals surface area contributed by atoms with Crippen molar-refractivity contribution in [3.8, 4) is 5.88 Å². The lowest BCUT2D eigenvalue weighted by atomic mass is 10.1. The van der Waals surface area contributed by atoms with Crippen molar-refractivity contribution in [3.05, 3.63) is 83.8 Å². The summed E-state index contributed by atoms with van der Waals surface area (Å²) in [6.07, 6.45) is 4.63. The highest BCUT2D eigenvalue weighted by Gasteiger charge is 2.14. The normalized spacial score (nSPS) is 14.2. The van der Waals surface area contributed by atoms with Gasteiger partial charge in [0.15, 0.2) is 5.82 Å². The van der Waals surface area contributed by atoms with E-state index in [2.05, 4.69) is 54.6 Å². The van der Waals surface area contributed by atoms with Crippen molar-refractivity contribution in [1.82, 2.24) is 14.4 Å². The number of morpholine rings is 1. The number of benzene rings is 1. The Bertz CT molecular complexity index is 1280. The van der Waals surface area contributed by atoms with E-state index in [0.717, 1.165) is 42.1 Å². The minimum atomic E-state index is 0.488. The molecule has 0 aliphatic carbocycles. The quantitative estimate of drug-likeness (QED) is 0.357. The highest BCUT2D eigenvalue weighted by Crippen LogP contribution is 2.27. The van der Waals surface area contributed by atoms with E-state index in [1.54, 1.807) is 0 Å². The van der Waals surface area contributed by atoms with Crippen LogP contribution < -0.4 is 9.64 Å². The average Bonchev–Trinajstić information content (AvgIpc) is 3.28. The third-order valence-electron chi connectivity index (χ3n) is 5.76. The van der Waals surface area contributed by atoms with Crippen molar-refractivity contribution in [2.24, 2.45) is 10.2 Å². The van der Waals surface area contributed by atoms with Crippen LogP contribution in [0.25, 0.3) is 5.65 Å². The second-order valence-electron chi connectivity index (χ2n) is 8.29. The first kappa shape index (κ1) is 22.0. The van der Waals surface area contributed by atoms with Crippen LogP contribution in [0.3, 0.4) is 0 Å². The Kier molecular flexibility index (Phi) is 6.76. The summed E-state index contributed by atoms with van der Waals surface area (Å²) >= 11 is 0. The van der Waals surface area contributed by atoms with Gasteiger partial charge in [-0.3, -0.25) is 0 Å². The summed E-state index contributed by atoms with van der Waals surface area (Å²) in [5, 5.41) is 8.80. The summed E-state index contributed by atoms with van der Waals surface area (Å²) in [6.45, 7) is 6.13. The number of nitrogens with zero attached hydrogens (tertiary/aromatic N) is 6. The van der Waals surface area contributed by atoms with Gasteiger partial charge in [0.1, 0.15) is 5.65 Å². The monoisotopic (exact) mass is 456 g/mol. The van der Waals surface area contributed by atoms with Gasteiger partial charge in [-0.05, 0) is 24.6 Å². The maximum atomic E-state index is 6.07. The fourth-order valence-corrected chi connectivity index (χ4v) is 4.04. The molecule has 4 aromatic rings. The number of aryl methyl sites for hydroxylation is 1. The molecular weight excluding hydrogens is 428 g/mol. The molecule has 3 aromatic heterocycles. The Morgan fingerprint density at radius 1 is 1.06 bits per heavy atom. The average molecular weight is 457 g/mol. The molecule has 1 saturated heterocycles. The molecule has 174 valence electrons. The molecule has 0 saturated carbocycles. The Morgan fingerprint density at radius 3 is 2.85 bits per heavy atom. The summed E-state index contributed by atoms with van der Waals surface area (Å²) in [7, 11) is 0. The lowest BCUT2D eigenvalue weighted by Crippen LogP contribution is -2.36. The van der Waals surface area contributed by atoms with Crippen LogP contribution in [0.5, 0.6) is 5.88 Å². The van der Waals surface area contributed by atoms with E-state index in [0.29, 0.717) is 38.1 Å². The second-order valence-corrected chi connectivity index (χ2v) is 8.29. The standard InChI is InChI=1S/C26H28N6O2/c1-20-5-4-6-21(15-20)18-28-30-24-16-23(31-10-13-33-14-11-31)17-26(29-24)34-12-8-22-19-27-25-7-2-3-9-32(22)25/h2-7,9,15-17,19H,8,10-14,18H2,1H3. The smallest absolute Gasteiger partial charge is 0.217 e. The van der Waals surface area contributed by atoms with E-state index >= 15 is 0 Å². The van der Waals surface area contributed by atoms with Crippen molar-refractivity contribution in [3.63, 3.8) is 0 Å². The molecule has 1 aliphatic rings. The van der Waals surface area contributed by atoms with Gasteiger partial charge >= 0.3 is 0 Å². The van der Waals surface area contributed by atoms with Gasteiger partial charge in [0, 0.05) is 55.4 Å². The molecule has 8 heteroatoms. The number of aromatic nitrogens is 3. The van der Waals surface area contributed by atoms with Crippen LogP contribution >= 0.6 is 0 Å². The van der Waals surface area contributed by atoms with Crippen LogP contribution in [0.15, 0.2) is 77.2 Å². The molecule has 0 radical (unpaired) electrons. The zero-order chi connectivity index (χ0) is 23.2. The molecule has 0 bridgehead atoms. The maximum absolute atomic E-state index is 6.07. The number of azo groups is 1. The Balaban J connectivity index is 1.31. The molecule has 0 atom stereocenters. The van der Waals surface area contributed by atoms with E-state index in [9.17, 15) is 0 Å². The maximum Gasteiger partial charge on any atom is 0.217 e. The lowest BCUT2D eigenvalue weighted by molar-refractivity contribution is 0.122. The van der Waals surface area contributed by atoms with Gasteiger partial charge in [-0.2, -0.15) is 10.1 Å². The summed E-state index contributed by atoms with van der Waals surface area (Å²) in [6, 6.07) is 18.2. The van der Waals surface area contributed by atoms with E-state index < -0.39 is 0 Å². The van der Waals surface area contributed by atoms with E-state index in [-0.39, 0.29) is 0 Å². The molecule has 4 heterocycles. The summed E-state index contributed by atoms with van der Waals surface area (Å²) in [5.41, 5.74) is 5.38. The molecular formula is C26H28N6O2. The number of ether oxygens (including phenoxy) is 2. The first-order valence-corrected chi connectivity index (χ1v) is 11.6. The Labute approximate surface area is 198 Å². The zero-order valence-electron chi connectivity index (χ0n) is 19.3. The third-order valence-corrected chi connectivity index (χ3v) is 5.76. The first-order chi connectivity index (χ1) is 16.7. The van der Waals surface area contributed by atoms with Crippen molar-refractivity contribution in [2.45, 2.75) is 19.9 Å². The largest absolute Gasteiger partial charge is 0.477 e. The second kappa shape index (κ2) is 10.4. The number of hydrogen-bond acceptors (Lipinski definition) is 7. The van der Waals surface area contributed by atoms with Gasteiger partial charge in [0.25, 0.3) is 0 Å². The predicted molar refractivity (Wildman–Crippen MR) is 131 cm³/mol. The molecule has 5 rings (SSSR count). The SMILES string of the molecule is Cc1cccc(CN=Nc2cc(N3CCOCC3)cc(OCCc3cnc4ccccn34)n2)c1. The molecule has 0 spiro atoms. The van der Waals surface area contributed by atoms with Crippen LogP contribution in [0, 0.1) is 6.92 Å². The number of rotatable bonds is 8. The summed E-state index contributed by atoms with van der Waals surface area (Å²) in [5.74, 6) is 1.09. The molecule has 1 aromatic carbocycles.